The first-order valence-electron chi connectivity index (χ1n) is 5.63. The molecule has 1 unspecified atom stereocenters. The zero-order chi connectivity index (χ0) is 13.8. The van der Waals surface area contributed by atoms with Gasteiger partial charge in [-0.25, -0.2) is 0 Å². The Kier molecular flexibility index (Phi) is 4.68. The molecule has 2 rings (SSSR count). The van der Waals surface area contributed by atoms with Gasteiger partial charge in [0.2, 0.25) is 5.91 Å². The molecule has 1 amide bonds. The van der Waals surface area contributed by atoms with Crippen LogP contribution in [0.5, 0.6) is 0 Å². The molecule has 1 aromatic carbocycles. The molecular weight excluding hydrogens is 290 g/mol. The van der Waals surface area contributed by atoms with Crippen molar-refractivity contribution >= 4 is 40.9 Å². The number of carbonyl (C=O) groups excluding carboxylic acids is 2. The fourth-order valence-corrected chi connectivity index (χ4v) is 2.87. The normalized spacial score (nSPS) is 17.6. The van der Waals surface area contributed by atoms with E-state index in [9.17, 15) is 9.59 Å². The van der Waals surface area contributed by atoms with Crippen molar-refractivity contribution in [1.29, 1.82) is 0 Å². The van der Waals surface area contributed by atoms with Crippen molar-refractivity contribution in [2.45, 2.75) is 16.6 Å². The van der Waals surface area contributed by atoms with Crippen LogP contribution in [0.15, 0.2) is 23.1 Å². The van der Waals surface area contributed by atoms with Crippen molar-refractivity contribution in [3.05, 3.63) is 23.2 Å². The van der Waals surface area contributed by atoms with E-state index in [0.29, 0.717) is 10.7 Å². The van der Waals surface area contributed by atoms with Crippen LogP contribution in [0.2, 0.25) is 5.02 Å². The monoisotopic (exact) mass is 301 g/mol. The number of aliphatic hydroxyl groups excluding tert-OH is 1. The number of anilines is 1. The van der Waals surface area contributed by atoms with Crippen LogP contribution >= 0.6 is 23.4 Å². The third-order valence-electron chi connectivity index (χ3n) is 2.47. The number of halogens is 1. The SMILES string of the molecule is O=C(CC1Sc2ccc(Cl)cc2NC1=O)OCCO. The number of hydrogen-bond donors (Lipinski definition) is 2. The second-order valence-electron chi connectivity index (χ2n) is 3.88. The lowest BCUT2D eigenvalue weighted by atomic mass is 10.2. The van der Waals surface area contributed by atoms with Gasteiger partial charge >= 0.3 is 5.97 Å². The molecule has 0 radical (unpaired) electrons. The first-order valence-corrected chi connectivity index (χ1v) is 6.89. The van der Waals surface area contributed by atoms with E-state index in [-0.39, 0.29) is 25.5 Å². The Hall–Kier alpha value is -1.24. The third-order valence-corrected chi connectivity index (χ3v) is 3.98. The lowest BCUT2D eigenvalue weighted by Crippen LogP contribution is -2.31. The number of nitrogens with one attached hydrogen (secondary N) is 1. The van der Waals surface area contributed by atoms with Gasteiger partial charge < -0.3 is 15.2 Å². The summed E-state index contributed by atoms with van der Waals surface area (Å²) in [5.74, 6) is -0.750. The van der Waals surface area contributed by atoms with Crippen LogP contribution in [0.4, 0.5) is 5.69 Å². The largest absolute Gasteiger partial charge is 0.463 e. The van der Waals surface area contributed by atoms with E-state index in [2.05, 4.69) is 5.32 Å². The molecule has 0 aromatic heterocycles. The second-order valence-corrected chi connectivity index (χ2v) is 5.57. The summed E-state index contributed by atoms with van der Waals surface area (Å²) >= 11 is 7.15. The molecule has 0 saturated heterocycles. The quantitative estimate of drug-likeness (QED) is 0.828. The van der Waals surface area contributed by atoms with Gasteiger partial charge in [0.25, 0.3) is 0 Å². The zero-order valence-electron chi connectivity index (χ0n) is 9.89. The summed E-state index contributed by atoms with van der Waals surface area (Å²) in [4.78, 5) is 24.1. The molecule has 1 aliphatic rings. The fraction of sp³-hybridized carbons (Fsp3) is 0.333. The summed E-state index contributed by atoms with van der Waals surface area (Å²) in [6, 6.07) is 5.20. The van der Waals surface area contributed by atoms with E-state index in [1.807, 2.05) is 0 Å². The Labute approximate surface area is 119 Å². The highest BCUT2D eigenvalue weighted by molar-refractivity contribution is 8.01. The molecule has 1 heterocycles. The van der Waals surface area contributed by atoms with Crippen molar-refractivity contribution in [2.75, 3.05) is 18.5 Å². The van der Waals surface area contributed by atoms with E-state index < -0.39 is 11.2 Å². The molecule has 0 saturated carbocycles. The number of thioether (sulfide) groups is 1. The van der Waals surface area contributed by atoms with Gasteiger partial charge in [-0.05, 0) is 18.2 Å². The molecule has 19 heavy (non-hydrogen) atoms. The lowest BCUT2D eigenvalue weighted by molar-refractivity contribution is -0.145. The average molecular weight is 302 g/mol. The van der Waals surface area contributed by atoms with Crippen LogP contribution in [0, 0.1) is 0 Å². The summed E-state index contributed by atoms with van der Waals surface area (Å²) in [6.07, 6.45) is -0.0292. The number of rotatable bonds is 4. The number of carbonyl (C=O) groups is 2. The Morgan fingerprint density at radius 1 is 1.53 bits per heavy atom. The molecule has 0 bridgehead atoms. The molecule has 0 fully saturated rings. The van der Waals surface area contributed by atoms with Crippen molar-refractivity contribution in [1.82, 2.24) is 0 Å². The summed E-state index contributed by atoms with van der Waals surface area (Å²) < 4.78 is 4.75. The Morgan fingerprint density at radius 3 is 3.05 bits per heavy atom. The van der Waals surface area contributed by atoms with Crippen LogP contribution in [0.3, 0.4) is 0 Å². The highest BCUT2D eigenvalue weighted by atomic mass is 35.5. The van der Waals surface area contributed by atoms with Gasteiger partial charge in [0.1, 0.15) is 6.61 Å². The van der Waals surface area contributed by atoms with Gasteiger partial charge in [-0.1, -0.05) is 11.6 Å². The summed E-state index contributed by atoms with van der Waals surface area (Å²) in [6.45, 7) is -0.277. The number of ether oxygens (including phenoxy) is 1. The minimum atomic E-state index is -0.528. The number of benzene rings is 1. The van der Waals surface area contributed by atoms with E-state index in [1.165, 1.54) is 11.8 Å². The minimum Gasteiger partial charge on any atom is -0.463 e. The molecule has 0 aliphatic carbocycles. The maximum Gasteiger partial charge on any atom is 0.307 e. The number of hydrogen-bond acceptors (Lipinski definition) is 5. The first-order chi connectivity index (χ1) is 9.10. The minimum absolute atomic E-state index is 0.0292. The van der Waals surface area contributed by atoms with Crippen LogP contribution in [0.25, 0.3) is 0 Å². The molecule has 1 aromatic rings. The molecule has 2 N–H and O–H groups in total. The van der Waals surface area contributed by atoms with Gasteiger partial charge in [0, 0.05) is 9.92 Å². The van der Waals surface area contributed by atoms with Crippen molar-refractivity contribution in [3.8, 4) is 0 Å². The summed E-state index contributed by atoms with van der Waals surface area (Å²) in [5.41, 5.74) is 0.655. The molecule has 0 spiro atoms. The van der Waals surface area contributed by atoms with Crippen LogP contribution < -0.4 is 5.32 Å². The van der Waals surface area contributed by atoms with Gasteiger partial charge in [-0.2, -0.15) is 0 Å². The van der Waals surface area contributed by atoms with Crippen LogP contribution in [-0.4, -0.2) is 35.4 Å². The van der Waals surface area contributed by atoms with Crippen molar-refractivity contribution < 1.29 is 19.4 Å². The summed E-state index contributed by atoms with van der Waals surface area (Å²) in [5, 5.41) is 11.3. The fourth-order valence-electron chi connectivity index (χ4n) is 1.63. The Bertz CT molecular complexity index is 509. The highest BCUT2D eigenvalue weighted by Gasteiger charge is 2.29. The van der Waals surface area contributed by atoms with E-state index in [4.69, 9.17) is 21.4 Å². The number of fused-ring (bicyclic) bond motifs is 1. The number of aliphatic hydroxyl groups is 1. The van der Waals surface area contributed by atoms with Gasteiger partial charge in [0.05, 0.1) is 24.0 Å². The van der Waals surface area contributed by atoms with Crippen molar-refractivity contribution in [3.63, 3.8) is 0 Å². The van der Waals surface area contributed by atoms with Crippen molar-refractivity contribution in [2.24, 2.45) is 0 Å². The predicted molar refractivity (Wildman–Crippen MR) is 72.4 cm³/mol. The second kappa shape index (κ2) is 6.27. The maximum absolute atomic E-state index is 11.8. The first kappa shape index (κ1) is 14.2. The van der Waals surface area contributed by atoms with Gasteiger partial charge in [-0.15, -0.1) is 11.8 Å². The van der Waals surface area contributed by atoms with Crippen LogP contribution in [-0.2, 0) is 14.3 Å². The Balaban J connectivity index is 2.03. The smallest absolute Gasteiger partial charge is 0.307 e. The Morgan fingerprint density at radius 2 is 2.32 bits per heavy atom. The zero-order valence-corrected chi connectivity index (χ0v) is 11.5. The molecule has 1 aliphatic heterocycles. The lowest BCUT2D eigenvalue weighted by Gasteiger charge is -2.23. The average Bonchev–Trinajstić information content (AvgIpc) is 2.37. The molecular formula is C12H12ClNO4S. The summed E-state index contributed by atoms with van der Waals surface area (Å²) in [7, 11) is 0. The van der Waals surface area contributed by atoms with E-state index in [0.717, 1.165) is 4.90 Å². The standard InChI is InChI=1S/C12H12ClNO4S/c13-7-1-2-9-8(5-7)14-12(17)10(19-9)6-11(16)18-4-3-15/h1-2,5,10,15H,3-4,6H2,(H,14,17). The number of esters is 1. The maximum atomic E-state index is 11.8. The van der Waals surface area contributed by atoms with Gasteiger partial charge in [0.15, 0.2) is 0 Å². The molecule has 102 valence electrons. The predicted octanol–water partition coefficient (Wildman–Crippen LogP) is 1.68. The number of amides is 1. The molecule has 1 atom stereocenters. The van der Waals surface area contributed by atoms with Crippen LogP contribution in [0.1, 0.15) is 6.42 Å². The molecule has 7 heteroatoms. The third kappa shape index (κ3) is 3.62. The van der Waals surface area contributed by atoms with E-state index in [1.54, 1.807) is 18.2 Å². The van der Waals surface area contributed by atoms with E-state index >= 15 is 0 Å². The van der Waals surface area contributed by atoms with Gasteiger partial charge in [-0.3, -0.25) is 9.59 Å². The molecule has 5 nitrogen and oxygen atoms in total. The highest BCUT2D eigenvalue weighted by Crippen LogP contribution is 2.38. The topological polar surface area (TPSA) is 75.6 Å².